The van der Waals surface area contributed by atoms with Crippen molar-refractivity contribution in [3.8, 4) is 23.2 Å². The van der Waals surface area contributed by atoms with Gasteiger partial charge in [-0.3, -0.25) is 0 Å². The molecule has 4 heterocycles. The van der Waals surface area contributed by atoms with Crippen molar-refractivity contribution in [3.05, 3.63) is 71.6 Å². The highest BCUT2D eigenvalue weighted by atomic mass is 19.1. The maximum atomic E-state index is 14.6. The summed E-state index contributed by atoms with van der Waals surface area (Å²) in [7, 11) is 0. The van der Waals surface area contributed by atoms with Crippen LogP contribution in [-0.4, -0.2) is 37.7 Å². The molecule has 0 bridgehead atoms. The molecule has 1 fully saturated rings. The molecule has 0 saturated carbocycles. The maximum absolute atomic E-state index is 14.6. The summed E-state index contributed by atoms with van der Waals surface area (Å²) in [4.78, 5) is 14.8. The third-order valence-electron chi connectivity index (χ3n) is 6.48. The summed E-state index contributed by atoms with van der Waals surface area (Å²) in [6.07, 6.45) is 5.01. The van der Waals surface area contributed by atoms with Crippen molar-refractivity contribution in [1.82, 2.24) is 24.6 Å². The highest BCUT2D eigenvalue weighted by Gasteiger charge is 2.30. The van der Waals surface area contributed by atoms with E-state index in [0.29, 0.717) is 70.3 Å². The van der Waals surface area contributed by atoms with Gasteiger partial charge < -0.3 is 14.6 Å². The standard InChI is InChI=1S/C26H21F2N7O/c1-2-36-23-12-21-20(10-15(23)13-29)31-25(32-21)18-14-30-35-9-7-24(33-26(18)35)34-8-3-4-22(34)17-11-16(27)5-6-19(17)28/h5-7,9-12,14,22H,2-4,8H2,1H3,(H,31,32)/t22-/m1/s1. The minimum Gasteiger partial charge on any atom is -0.492 e. The first-order chi connectivity index (χ1) is 17.6. The van der Waals surface area contributed by atoms with E-state index < -0.39 is 11.6 Å². The van der Waals surface area contributed by atoms with E-state index in [9.17, 15) is 14.0 Å². The van der Waals surface area contributed by atoms with E-state index in [1.807, 2.05) is 17.9 Å². The van der Waals surface area contributed by atoms with Crippen molar-refractivity contribution < 1.29 is 13.5 Å². The predicted molar refractivity (Wildman–Crippen MR) is 130 cm³/mol. The summed E-state index contributed by atoms with van der Waals surface area (Å²) in [5.74, 6) is 0.797. The number of anilines is 1. The fraction of sp³-hybridized carbons (Fsp3) is 0.231. The second-order valence-corrected chi connectivity index (χ2v) is 8.63. The molecular weight excluding hydrogens is 464 g/mol. The van der Waals surface area contributed by atoms with Crippen LogP contribution in [0.1, 0.15) is 36.9 Å². The Morgan fingerprint density at radius 2 is 2.08 bits per heavy atom. The van der Waals surface area contributed by atoms with Crippen molar-refractivity contribution in [2.75, 3.05) is 18.1 Å². The number of halogens is 2. The molecule has 180 valence electrons. The smallest absolute Gasteiger partial charge is 0.168 e. The number of nitrogens with zero attached hydrogens (tertiary/aromatic N) is 6. The zero-order valence-corrected chi connectivity index (χ0v) is 19.4. The van der Waals surface area contributed by atoms with Crippen molar-refractivity contribution >= 4 is 22.5 Å². The number of aromatic amines is 1. The van der Waals surface area contributed by atoms with E-state index in [1.54, 1.807) is 29.0 Å². The highest BCUT2D eigenvalue weighted by molar-refractivity contribution is 5.85. The van der Waals surface area contributed by atoms with Gasteiger partial charge in [-0.15, -0.1) is 0 Å². The molecule has 0 amide bonds. The number of hydrogen-bond donors (Lipinski definition) is 1. The fourth-order valence-corrected chi connectivity index (χ4v) is 4.85. The first-order valence-corrected chi connectivity index (χ1v) is 11.7. The topological polar surface area (TPSA) is 95.1 Å². The Kier molecular flexibility index (Phi) is 5.25. The van der Waals surface area contributed by atoms with E-state index >= 15 is 0 Å². The maximum Gasteiger partial charge on any atom is 0.168 e. The largest absolute Gasteiger partial charge is 0.492 e. The second-order valence-electron chi connectivity index (χ2n) is 8.63. The number of nitriles is 1. The van der Waals surface area contributed by atoms with Crippen LogP contribution in [0.25, 0.3) is 28.1 Å². The second kappa shape index (κ2) is 8.61. The lowest BCUT2D eigenvalue weighted by atomic mass is 10.0. The summed E-state index contributed by atoms with van der Waals surface area (Å²) in [6.45, 7) is 2.97. The number of hydrogen-bond acceptors (Lipinski definition) is 6. The van der Waals surface area contributed by atoms with Crippen LogP contribution < -0.4 is 9.64 Å². The van der Waals surface area contributed by atoms with Crippen LogP contribution in [-0.2, 0) is 0 Å². The number of benzene rings is 2. The van der Waals surface area contributed by atoms with Gasteiger partial charge in [0.05, 0.1) is 41.0 Å². The number of nitrogens with one attached hydrogen (secondary N) is 1. The molecule has 0 spiro atoms. The third kappa shape index (κ3) is 3.60. The molecule has 6 rings (SSSR count). The van der Waals surface area contributed by atoms with Crippen LogP contribution >= 0.6 is 0 Å². The van der Waals surface area contributed by atoms with Gasteiger partial charge in [0.1, 0.15) is 35.1 Å². The van der Waals surface area contributed by atoms with Gasteiger partial charge in [-0.2, -0.15) is 10.4 Å². The first kappa shape index (κ1) is 22.0. The van der Waals surface area contributed by atoms with Gasteiger partial charge in [-0.05, 0) is 50.1 Å². The average Bonchev–Trinajstić information content (AvgIpc) is 3.62. The van der Waals surface area contributed by atoms with Crippen LogP contribution in [0.2, 0.25) is 0 Å². The van der Waals surface area contributed by atoms with Gasteiger partial charge in [0.2, 0.25) is 0 Å². The van der Waals surface area contributed by atoms with Crippen molar-refractivity contribution in [2.24, 2.45) is 0 Å². The summed E-state index contributed by atoms with van der Waals surface area (Å²) in [6, 6.07) is 10.7. The Balaban J connectivity index is 1.41. The van der Waals surface area contributed by atoms with Crippen LogP contribution in [0.4, 0.5) is 14.6 Å². The normalized spacial score (nSPS) is 15.6. The van der Waals surface area contributed by atoms with Gasteiger partial charge >= 0.3 is 0 Å². The molecule has 8 nitrogen and oxygen atoms in total. The number of H-pyrrole nitrogens is 1. The molecule has 10 heteroatoms. The number of rotatable bonds is 5. The molecule has 1 atom stereocenters. The summed E-state index contributed by atoms with van der Waals surface area (Å²) >= 11 is 0. The SMILES string of the molecule is CCOc1cc2nc(-c3cnn4ccc(N5CCC[C@@H]5c5cc(F)ccc5F)nc34)[nH]c2cc1C#N. The Bertz CT molecular complexity index is 1650. The van der Waals surface area contributed by atoms with E-state index in [0.717, 1.165) is 12.5 Å². The van der Waals surface area contributed by atoms with Gasteiger partial charge in [0.15, 0.2) is 5.65 Å². The zero-order valence-electron chi connectivity index (χ0n) is 19.4. The number of imidazole rings is 1. The predicted octanol–water partition coefficient (Wildman–Crippen LogP) is 5.16. The molecular formula is C26H21F2N7O. The lowest BCUT2D eigenvalue weighted by Crippen LogP contribution is -2.24. The van der Waals surface area contributed by atoms with E-state index in [1.165, 1.54) is 12.1 Å². The van der Waals surface area contributed by atoms with Gasteiger partial charge in [0.25, 0.3) is 0 Å². The molecule has 1 aliphatic heterocycles. The van der Waals surface area contributed by atoms with Crippen molar-refractivity contribution in [3.63, 3.8) is 0 Å². The monoisotopic (exact) mass is 485 g/mol. The first-order valence-electron chi connectivity index (χ1n) is 11.7. The number of ether oxygens (including phenoxy) is 1. The Labute approximate surface area is 204 Å². The van der Waals surface area contributed by atoms with E-state index in [-0.39, 0.29) is 6.04 Å². The summed E-state index contributed by atoms with van der Waals surface area (Å²) in [5, 5.41) is 13.9. The summed E-state index contributed by atoms with van der Waals surface area (Å²) < 4.78 is 35.7. The highest BCUT2D eigenvalue weighted by Crippen LogP contribution is 2.37. The number of aromatic nitrogens is 5. The van der Waals surface area contributed by atoms with Crippen LogP contribution in [0, 0.1) is 23.0 Å². The lowest BCUT2D eigenvalue weighted by molar-refractivity contribution is 0.339. The fourth-order valence-electron chi connectivity index (χ4n) is 4.85. The molecule has 5 aromatic rings. The van der Waals surface area contributed by atoms with Crippen molar-refractivity contribution in [1.29, 1.82) is 5.26 Å². The van der Waals surface area contributed by atoms with Gasteiger partial charge in [0, 0.05) is 24.4 Å². The minimum atomic E-state index is -0.461. The molecule has 3 aromatic heterocycles. The van der Waals surface area contributed by atoms with Crippen molar-refractivity contribution in [2.45, 2.75) is 25.8 Å². The molecule has 0 radical (unpaired) electrons. The van der Waals surface area contributed by atoms with E-state index in [4.69, 9.17) is 14.7 Å². The molecule has 1 aliphatic rings. The molecule has 2 aromatic carbocycles. The molecule has 36 heavy (non-hydrogen) atoms. The molecule has 0 unspecified atom stereocenters. The number of fused-ring (bicyclic) bond motifs is 2. The van der Waals surface area contributed by atoms with E-state index in [2.05, 4.69) is 16.2 Å². The molecule has 1 N–H and O–H groups in total. The Morgan fingerprint density at radius 3 is 2.92 bits per heavy atom. The minimum absolute atomic E-state index is 0.311. The van der Waals surface area contributed by atoms with Crippen LogP contribution in [0.15, 0.2) is 48.8 Å². The average molecular weight is 485 g/mol. The van der Waals surface area contributed by atoms with Crippen LogP contribution in [0.5, 0.6) is 5.75 Å². The Hall–Kier alpha value is -4.52. The third-order valence-corrected chi connectivity index (χ3v) is 6.48. The summed E-state index contributed by atoms with van der Waals surface area (Å²) in [5.41, 5.74) is 3.36. The quantitative estimate of drug-likeness (QED) is 0.369. The van der Waals surface area contributed by atoms with Crippen LogP contribution in [0.3, 0.4) is 0 Å². The lowest BCUT2D eigenvalue weighted by Gasteiger charge is -2.26. The Morgan fingerprint density at radius 1 is 1.19 bits per heavy atom. The van der Waals surface area contributed by atoms with Gasteiger partial charge in [-0.25, -0.2) is 23.3 Å². The van der Waals surface area contributed by atoms with Gasteiger partial charge in [-0.1, -0.05) is 0 Å². The zero-order chi connectivity index (χ0) is 24.8. The molecule has 0 aliphatic carbocycles. The molecule has 1 saturated heterocycles.